The Balaban J connectivity index is 0.000000161. The number of anilines is 1. The standard InChI is InChI=1S/C31H35N3O2.C23H29N3.C21H22N2O2.C19H20N2O.C13H12N2.C8H14O3/c1-3-5-19-33(21-24-17-18-29-30(20-24)36-23-35-29)22-27-28(12-4-2)34(26-15-10-7-11-16-26)32-31(27)25-13-8-6-9-14-25;1-3-5-17-24-18-21-22(12-4-2)26(20-15-10-7-11-16-20)25-23(21)19-13-8-6-9-14-19;1-3-11-18-19(21(24)25-4-2)20(16-12-7-5-8-13-16)22-23(18)17-14-9-6-10-15-17;1-2-9-18-17(14-22)19(15-10-5-3-6-11-15)20-21(18)16-12-7-4-8-13-16;1-3-7-12(8-4-1)11-14-15-13-9-5-2-6-10-13;1-3-5-7(9)6-8(10)11-4-2/h6-11,13-18,20H,3-5,12,19,21-23H2,1-2H3;6-11,13-16,24H,3-5,12,17-18H2,1-2H3;5-10,12-15H,3-4,11H2,1-2H3;3-8,10-13,22H,2,9,14H2,1H3;1-11,15H;3-6H2,1-2H3/b;;;;14-11+;. The fourth-order valence-electron chi connectivity index (χ4n) is 15.8. The number of nitrogens with zero attached hydrogens (tertiary/aromatic N) is 10. The van der Waals surface area contributed by atoms with Gasteiger partial charge >= 0.3 is 11.9 Å². The summed E-state index contributed by atoms with van der Waals surface area (Å²) in [4.78, 5) is 36.8. The van der Waals surface area contributed by atoms with Gasteiger partial charge in [0, 0.05) is 76.4 Å². The summed E-state index contributed by atoms with van der Waals surface area (Å²) in [5.41, 5.74) is 27.3. The number of benzene rings is 11. The number of fused-ring (bicyclic) bond motifs is 1. The summed E-state index contributed by atoms with van der Waals surface area (Å²) in [5.74, 6) is 0.917. The lowest BCUT2D eigenvalue weighted by Gasteiger charge is -2.23. The van der Waals surface area contributed by atoms with Crippen molar-refractivity contribution in [3.8, 4) is 79.3 Å². The van der Waals surface area contributed by atoms with Crippen LogP contribution in [-0.4, -0.2) is 106 Å². The lowest BCUT2D eigenvalue weighted by Crippen LogP contribution is -2.25. The summed E-state index contributed by atoms with van der Waals surface area (Å²) in [7, 11) is 0. The molecule has 0 aliphatic carbocycles. The molecule has 20 nitrogen and oxygen atoms in total. The number of nitrogens with one attached hydrogen (secondary N) is 2. The normalized spacial score (nSPS) is 11.1. The first-order valence-electron chi connectivity index (χ1n) is 47.9. The lowest BCUT2D eigenvalue weighted by atomic mass is 10.0. The van der Waals surface area contributed by atoms with Gasteiger partial charge in [-0.3, -0.25) is 19.9 Å². The monoisotopic (exact) mass is 1810 g/mol. The first-order valence-corrected chi connectivity index (χ1v) is 47.9. The highest BCUT2D eigenvalue weighted by Crippen LogP contribution is 2.37. The molecule has 0 saturated heterocycles. The van der Waals surface area contributed by atoms with E-state index in [1.807, 2.05) is 211 Å². The summed E-state index contributed by atoms with van der Waals surface area (Å²) in [5, 5.41) is 37.5. The molecule has 20 heteroatoms. The number of ether oxygens (including phenoxy) is 4. The van der Waals surface area contributed by atoms with Crippen LogP contribution in [0.5, 0.6) is 11.5 Å². The third-order valence-electron chi connectivity index (χ3n) is 22.2. The Bertz CT molecular complexity index is 5980. The van der Waals surface area contributed by atoms with Crippen LogP contribution in [0.3, 0.4) is 0 Å². The Morgan fingerprint density at radius 3 is 1.25 bits per heavy atom. The van der Waals surface area contributed by atoms with Crippen molar-refractivity contribution in [2.24, 2.45) is 5.10 Å². The van der Waals surface area contributed by atoms with Gasteiger partial charge in [-0.05, 0) is 156 Å². The van der Waals surface area contributed by atoms with Crippen molar-refractivity contribution in [1.82, 2.24) is 49.3 Å². The molecule has 15 aromatic rings. The number of hydrazone groups is 1. The molecule has 1 aliphatic rings. The van der Waals surface area contributed by atoms with Gasteiger partial charge in [-0.2, -0.15) is 25.5 Å². The molecule has 4 aromatic heterocycles. The van der Waals surface area contributed by atoms with Crippen LogP contribution >= 0.6 is 0 Å². The molecular weight excluding hydrogens is 1680 g/mol. The smallest absolute Gasteiger partial charge is 0.342 e. The van der Waals surface area contributed by atoms with E-state index in [0.29, 0.717) is 37.7 Å². The highest BCUT2D eigenvalue weighted by atomic mass is 16.7. The molecule has 0 radical (unpaired) electrons. The molecule has 0 amide bonds. The second-order valence-electron chi connectivity index (χ2n) is 32.5. The minimum absolute atomic E-state index is 0.00634. The Morgan fingerprint density at radius 2 is 0.807 bits per heavy atom. The molecule has 1 aliphatic heterocycles. The molecule has 11 aromatic carbocycles. The average Bonchev–Trinajstić information content (AvgIpc) is 1.65. The fourth-order valence-corrected chi connectivity index (χ4v) is 15.8. The van der Waals surface area contributed by atoms with Gasteiger partial charge in [-0.15, -0.1) is 0 Å². The number of carbonyl (C=O) groups is 3. The Morgan fingerprint density at radius 1 is 0.415 bits per heavy atom. The second kappa shape index (κ2) is 56.0. The molecule has 0 fully saturated rings. The van der Waals surface area contributed by atoms with E-state index in [-0.39, 0.29) is 24.8 Å². The van der Waals surface area contributed by atoms with Gasteiger partial charge in [-0.25, -0.2) is 23.5 Å². The van der Waals surface area contributed by atoms with E-state index in [9.17, 15) is 19.5 Å². The number of aromatic nitrogens is 8. The van der Waals surface area contributed by atoms with Crippen molar-refractivity contribution < 1.29 is 38.4 Å². The average molecular weight is 1810 g/mol. The summed E-state index contributed by atoms with van der Waals surface area (Å²) >= 11 is 0. The molecule has 5 heterocycles. The van der Waals surface area contributed by atoms with Crippen LogP contribution in [0, 0.1) is 0 Å². The zero-order chi connectivity index (χ0) is 95.0. The van der Waals surface area contributed by atoms with Crippen LogP contribution in [0.1, 0.15) is 194 Å². The fraction of sp³-hybridized carbons (Fsp3) is 0.287. The molecular formula is C115H132N12O8. The van der Waals surface area contributed by atoms with Gasteiger partial charge in [0.2, 0.25) is 6.79 Å². The minimum Gasteiger partial charge on any atom is -0.466 e. The van der Waals surface area contributed by atoms with Crippen molar-refractivity contribution >= 4 is 29.6 Å². The van der Waals surface area contributed by atoms with E-state index in [1.54, 1.807) is 13.1 Å². The van der Waals surface area contributed by atoms with Crippen molar-refractivity contribution in [2.45, 2.75) is 185 Å². The van der Waals surface area contributed by atoms with Crippen LogP contribution in [0.2, 0.25) is 0 Å². The number of para-hydroxylation sites is 5. The molecule has 0 atom stereocenters. The zero-order valence-electron chi connectivity index (χ0n) is 79.9. The number of hydrogen-bond acceptors (Lipinski definition) is 16. The maximum atomic E-state index is 12.7. The van der Waals surface area contributed by atoms with Crippen LogP contribution in [0.4, 0.5) is 5.69 Å². The molecule has 135 heavy (non-hydrogen) atoms. The summed E-state index contributed by atoms with van der Waals surface area (Å²) in [6, 6.07) is 108. The number of ketones is 1. The highest BCUT2D eigenvalue weighted by molar-refractivity contribution is 5.98. The summed E-state index contributed by atoms with van der Waals surface area (Å²) < 4.78 is 29.3. The molecule has 3 N–H and O–H groups in total. The largest absolute Gasteiger partial charge is 0.466 e. The number of carbonyl (C=O) groups excluding carboxylic acids is 3. The van der Waals surface area contributed by atoms with E-state index < -0.39 is 5.97 Å². The number of esters is 2. The van der Waals surface area contributed by atoms with Crippen LogP contribution < -0.4 is 20.2 Å². The van der Waals surface area contributed by atoms with E-state index in [0.717, 1.165) is 200 Å². The molecule has 0 saturated carbocycles. The van der Waals surface area contributed by atoms with Gasteiger partial charge in [0.15, 0.2) is 11.5 Å². The van der Waals surface area contributed by atoms with E-state index in [4.69, 9.17) is 34.6 Å². The predicted octanol–water partition coefficient (Wildman–Crippen LogP) is 25.5. The Labute approximate surface area is 798 Å². The van der Waals surface area contributed by atoms with Crippen LogP contribution in [-0.2, 0) is 71.0 Å². The van der Waals surface area contributed by atoms with Crippen LogP contribution in [0.15, 0.2) is 327 Å². The number of hydrogen-bond donors (Lipinski definition) is 3. The van der Waals surface area contributed by atoms with Crippen molar-refractivity contribution in [3.63, 3.8) is 0 Å². The third-order valence-corrected chi connectivity index (χ3v) is 22.2. The number of rotatable bonds is 39. The van der Waals surface area contributed by atoms with Gasteiger partial charge in [0.05, 0.1) is 82.9 Å². The van der Waals surface area contributed by atoms with Gasteiger partial charge in [0.25, 0.3) is 0 Å². The first-order chi connectivity index (χ1) is 66.4. The molecule has 16 rings (SSSR count). The predicted molar refractivity (Wildman–Crippen MR) is 547 cm³/mol. The molecule has 0 spiro atoms. The molecule has 700 valence electrons. The number of unbranched alkanes of at least 4 members (excludes halogenated alkanes) is 2. The Kier molecular flexibility index (Phi) is 42.0. The van der Waals surface area contributed by atoms with Gasteiger partial charge < -0.3 is 29.4 Å². The van der Waals surface area contributed by atoms with E-state index >= 15 is 0 Å². The molecule has 0 unspecified atom stereocenters. The third kappa shape index (κ3) is 29.9. The first kappa shape index (κ1) is 101. The van der Waals surface area contributed by atoms with Crippen molar-refractivity contribution in [3.05, 3.63) is 378 Å². The molecule has 0 bridgehead atoms. The van der Waals surface area contributed by atoms with Crippen molar-refractivity contribution in [2.75, 3.05) is 38.5 Å². The zero-order valence-corrected chi connectivity index (χ0v) is 79.9. The lowest BCUT2D eigenvalue weighted by molar-refractivity contribution is -0.145. The maximum Gasteiger partial charge on any atom is 0.342 e. The summed E-state index contributed by atoms with van der Waals surface area (Å²) in [6.07, 6.45) is 15.5. The number of aliphatic hydroxyl groups excluding tert-OH is 1. The topological polar surface area (TPSA) is 219 Å². The highest BCUT2D eigenvalue weighted by Gasteiger charge is 2.28. The van der Waals surface area contributed by atoms with Gasteiger partial charge in [-0.1, -0.05) is 336 Å². The summed E-state index contributed by atoms with van der Waals surface area (Å²) in [6.45, 7) is 24.3. The van der Waals surface area contributed by atoms with Gasteiger partial charge in [0.1, 0.15) is 23.5 Å². The number of Topliss-reactive ketones (excluding diaryl/α,β-unsaturated/α-hetero) is 1. The SMILES string of the molecule is C(=N\Nc1ccccc1)/c1ccccc1.CCCC(=O)CC(=O)OCC.CCCCN(Cc1ccc2c(c1)OCO2)Cc1c(-c2ccccc2)nn(-c2ccccc2)c1CCC.CCCCNCc1c(-c2ccccc2)nn(-c2ccccc2)c1CCC.CCCc1c(C(=O)OCC)c(-c2ccccc2)nn1-c1ccccc1.CCCc1c(CO)c(-c2ccccc2)nn1-c1ccccc1. The van der Waals surface area contributed by atoms with E-state index in [2.05, 4.69) is 210 Å². The second-order valence-corrected chi connectivity index (χ2v) is 32.5. The van der Waals surface area contributed by atoms with Crippen molar-refractivity contribution in [1.29, 1.82) is 0 Å². The minimum atomic E-state index is -0.411. The maximum absolute atomic E-state index is 12.7. The van der Waals surface area contributed by atoms with E-state index in [1.165, 1.54) is 46.5 Å². The van der Waals surface area contributed by atoms with Crippen LogP contribution in [0.25, 0.3) is 67.8 Å². The Hall–Kier alpha value is -14.2. The quantitative estimate of drug-likeness (QED) is 0.0107. The number of aliphatic hydroxyl groups is 1.